The maximum atomic E-state index is 13.4. The normalized spacial score (nSPS) is 15.2. The molecule has 1 heterocycles. The number of nitrogens with one attached hydrogen (secondary N) is 1. The number of aryl methyl sites for hydroxylation is 4. The van der Waals surface area contributed by atoms with Gasteiger partial charge in [0, 0.05) is 17.8 Å². The van der Waals surface area contributed by atoms with Crippen molar-refractivity contribution in [1.29, 1.82) is 0 Å². The molecule has 0 fully saturated rings. The van der Waals surface area contributed by atoms with E-state index in [1.165, 1.54) is 16.0 Å². The molecule has 0 bridgehead atoms. The van der Waals surface area contributed by atoms with Gasteiger partial charge in [-0.05, 0) is 78.7 Å². The van der Waals surface area contributed by atoms with Gasteiger partial charge in [0.15, 0.2) is 5.78 Å². The number of amides is 1. The van der Waals surface area contributed by atoms with E-state index in [1.54, 1.807) is 11.3 Å². The van der Waals surface area contributed by atoms with E-state index in [4.69, 9.17) is 9.84 Å². The quantitative estimate of drug-likeness (QED) is 0.326. The second-order valence-electron chi connectivity index (χ2n) is 11.0. The van der Waals surface area contributed by atoms with E-state index >= 15 is 0 Å². The number of fused-ring (bicyclic) bond motifs is 1. The van der Waals surface area contributed by atoms with Crippen LogP contribution in [0, 0.1) is 12.3 Å². The molecule has 204 valence electrons. The van der Waals surface area contributed by atoms with Gasteiger partial charge in [-0.2, -0.15) is 0 Å². The summed E-state index contributed by atoms with van der Waals surface area (Å²) >= 11 is 1.74. The largest absolute Gasteiger partial charge is 0.490 e. The lowest BCUT2D eigenvalue weighted by molar-refractivity contribution is -0.124. The van der Waals surface area contributed by atoms with Gasteiger partial charge in [-0.1, -0.05) is 46.2 Å². The SMILES string of the molecule is CCCc1sc(C(=O)CCc2cc(C)c(OC[C@@H](O)CNC(=O)CO)c(CC)c2)c2c1CC(C)(C)CC2. The molecule has 0 radical (unpaired) electrons. The van der Waals surface area contributed by atoms with E-state index in [0.717, 1.165) is 65.8 Å². The van der Waals surface area contributed by atoms with Crippen LogP contribution in [0.25, 0.3) is 0 Å². The van der Waals surface area contributed by atoms with Crippen LogP contribution in [0.2, 0.25) is 0 Å². The maximum Gasteiger partial charge on any atom is 0.245 e. The number of ether oxygens (including phenoxy) is 1. The van der Waals surface area contributed by atoms with Crippen LogP contribution >= 0.6 is 11.3 Å². The highest BCUT2D eigenvalue weighted by Gasteiger charge is 2.32. The Bertz CT molecular complexity index is 1100. The summed E-state index contributed by atoms with van der Waals surface area (Å²) in [7, 11) is 0. The van der Waals surface area contributed by atoms with Crippen molar-refractivity contribution in [2.45, 2.75) is 92.1 Å². The summed E-state index contributed by atoms with van der Waals surface area (Å²) in [4.78, 5) is 27.0. The summed E-state index contributed by atoms with van der Waals surface area (Å²) in [5.74, 6) is 0.466. The summed E-state index contributed by atoms with van der Waals surface area (Å²) in [6.07, 6.45) is 6.43. The summed E-state index contributed by atoms with van der Waals surface area (Å²) in [5.41, 5.74) is 6.20. The van der Waals surface area contributed by atoms with Gasteiger partial charge in [0.05, 0.1) is 4.88 Å². The molecule has 7 heteroatoms. The first-order valence-corrected chi connectivity index (χ1v) is 14.4. The zero-order chi connectivity index (χ0) is 27.2. The van der Waals surface area contributed by atoms with E-state index in [0.29, 0.717) is 18.3 Å². The fourth-order valence-corrected chi connectivity index (χ4v) is 6.58. The number of rotatable bonds is 13. The molecule has 1 aromatic carbocycles. The van der Waals surface area contributed by atoms with E-state index in [1.807, 2.05) is 6.92 Å². The number of carbonyl (C=O) groups is 2. The summed E-state index contributed by atoms with van der Waals surface area (Å²) < 4.78 is 5.91. The molecule has 1 aliphatic carbocycles. The van der Waals surface area contributed by atoms with Gasteiger partial charge in [0.1, 0.15) is 25.1 Å². The zero-order valence-electron chi connectivity index (χ0n) is 23.0. The van der Waals surface area contributed by atoms with Crippen molar-refractivity contribution < 1.29 is 24.5 Å². The van der Waals surface area contributed by atoms with Gasteiger partial charge in [0.2, 0.25) is 5.91 Å². The monoisotopic (exact) mass is 529 g/mol. The van der Waals surface area contributed by atoms with Crippen molar-refractivity contribution in [2.24, 2.45) is 5.41 Å². The van der Waals surface area contributed by atoms with Gasteiger partial charge >= 0.3 is 0 Å². The fraction of sp³-hybridized carbons (Fsp3) is 0.600. The summed E-state index contributed by atoms with van der Waals surface area (Å²) in [5, 5.41) is 21.3. The Morgan fingerprint density at radius 1 is 1.19 bits per heavy atom. The van der Waals surface area contributed by atoms with Crippen LogP contribution in [0.3, 0.4) is 0 Å². The molecular weight excluding hydrogens is 486 g/mol. The average Bonchev–Trinajstić information content (AvgIpc) is 3.21. The molecule has 0 spiro atoms. The lowest BCUT2D eigenvalue weighted by atomic mass is 9.74. The van der Waals surface area contributed by atoms with Crippen LogP contribution in [-0.4, -0.2) is 47.8 Å². The molecule has 3 N–H and O–H groups in total. The van der Waals surface area contributed by atoms with E-state index in [9.17, 15) is 14.7 Å². The number of hydrogen-bond acceptors (Lipinski definition) is 6. The number of thiophene rings is 1. The lowest BCUT2D eigenvalue weighted by Gasteiger charge is -2.30. The Kier molecular flexibility index (Phi) is 10.3. The molecule has 0 aliphatic heterocycles. The third-order valence-corrected chi connectivity index (χ3v) is 8.54. The molecule has 0 unspecified atom stereocenters. The van der Waals surface area contributed by atoms with Crippen LogP contribution in [0.15, 0.2) is 12.1 Å². The van der Waals surface area contributed by atoms with Gasteiger partial charge < -0.3 is 20.3 Å². The molecule has 1 aliphatic rings. The molecule has 6 nitrogen and oxygen atoms in total. The minimum Gasteiger partial charge on any atom is -0.490 e. The second-order valence-corrected chi connectivity index (χ2v) is 12.1. The number of hydrogen-bond donors (Lipinski definition) is 3. The standard InChI is InChI=1S/C30H43NO5S/c1-6-8-26-24-15-30(4,5)12-11-23(24)29(37-26)25(34)10-9-20-13-19(3)28(21(7-2)14-20)36-18-22(33)16-31-27(35)17-32/h13-14,22,32-33H,6-12,15-18H2,1-5H3,(H,31,35)/t22-/m0/s1. The topological polar surface area (TPSA) is 95.9 Å². The Morgan fingerprint density at radius 3 is 2.62 bits per heavy atom. The molecule has 1 atom stereocenters. The van der Waals surface area contributed by atoms with Gasteiger partial charge in [0.25, 0.3) is 0 Å². The minimum atomic E-state index is -0.878. The van der Waals surface area contributed by atoms with Crippen LogP contribution in [0.5, 0.6) is 5.75 Å². The first-order valence-electron chi connectivity index (χ1n) is 13.6. The first kappa shape index (κ1) is 29.3. The average molecular weight is 530 g/mol. The van der Waals surface area contributed by atoms with Crippen molar-refractivity contribution in [1.82, 2.24) is 5.32 Å². The molecule has 0 saturated heterocycles. The van der Waals surface area contributed by atoms with Gasteiger partial charge in [-0.15, -0.1) is 11.3 Å². The van der Waals surface area contributed by atoms with Gasteiger partial charge in [-0.3, -0.25) is 9.59 Å². The predicted octanol–water partition coefficient (Wildman–Crippen LogP) is 4.75. The molecule has 2 aromatic rings. The molecule has 3 rings (SSSR count). The molecule has 0 saturated carbocycles. The summed E-state index contributed by atoms with van der Waals surface area (Å²) in [6.45, 7) is 10.4. The van der Waals surface area contributed by atoms with E-state index in [-0.39, 0.29) is 18.9 Å². The summed E-state index contributed by atoms with van der Waals surface area (Å²) in [6, 6.07) is 4.17. The number of carbonyl (C=O) groups excluding carboxylic acids is 2. The van der Waals surface area contributed by atoms with Crippen LogP contribution in [0.1, 0.15) is 89.3 Å². The minimum absolute atomic E-state index is 0.0178. The lowest BCUT2D eigenvalue weighted by Crippen LogP contribution is -2.36. The Balaban J connectivity index is 1.67. The fourth-order valence-electron chi connectivity index (χ4n) is 5.14. The molecule has 37 heavy (non-hydrogen) atoms. The highest BCUT2D eigenvalue weighted by Crippen LogP contribution is 2.42. The van der Waals surface area contributed by atoms with Crippen molar-refractivity contribution in [2.75, 3.05) is 19.8 Å². The van der Waals surface area contributed by atoms with Crippen LogP contribution in [-0.2, 0) is 36.9 Å². The van der Waals surface area contributed by atoms with Crippen molar-refractivity contribution in [3.05, 3.63) is 49.7 Å². The highest BCUT2D eigenvalue weighted by atomic mass is 32.1. The third-order valence-electron chi connectivity index (χ3n) is 7.17. The predicted molar refractivity (Wildman–Crippen MR) is 149 cm³/mol. The highest BCUT2D eigenvalue weighted by molar-refractivity contribution is 7.14. The van der Waals surface area contributed by atoms with Crippen molar-refractivity contribution in [3.8, 4) is 5.75 Å². The van der Waals surface area contributed by atoms with E-state index < -0.39 is 18.6 Å². The van der Waals surface area contributed by atoms with Crippen LogP contribution in [0.4, 0.5) is 0 Å². The number of benzene rings is 1. The van der Waals surface area contributed by atoms with E-state index in [2.05, 4.69) is 45.1 Å². The number of aliphatic hydroxyl groups excluding tert-OH is 2. The Hall–Kier alpha value is -2.22. The molecular formula is C30H43NO5S. The van der Waals surface area contributed by atoms with Crippen LogP contribution < -0.4 is 10.1 Å². The molecule has 1 amide bonds. The Morgan fingerprint density at radius 2 is 1.95 bits per heavy atom. The number of ketones is 1. The second kappa shape index (κ2) is 13.0. The first-order chi connectivity index (χ1) is 17.6. The van der Waals surface area contributed by atoms with Crippen molar-refractivity contribution >= 4 is 23.0 Å². The molecule has 1 aromatic heterocycles. The maximum absolute atomic E-state index is 13.4. The number of aliphatic hydroxyl groups is 2. The Labute approximate surface area is 225 Å². The van der Waals surface area contributed by atoms with Crippen molar-refractivity contribution in [3.63, 3.8) is 0 Å². The third kappa shape index (κ3) is 7.65. The zero-order valence-corrected chi connectivity index (χ0v) is 23.9. The smallest absolute Gasteiger partial charge is 0.245 e. The number of Topliss-reactive ketones (excluding diaryl/α,β-unsaturated/α-hetero) is 1. The van der Waals surface area contributed by atoms with Gasteiger partial charge in [-0.25, -0.2) is 0 Å².